The number of carbonyl (C=O) groups is 1. The number of rotatable bonds is 10. The fourth-order valence-electron chi connectivity index (χ4n) is 3.25. The van der Waals surface area contributed by atoms with Crippen LogP contribution in [0.25, 0.3) is 0 Å². The van der Waals surface area contributed by atoms with Gasteiger partial charge in [-0.15, -0.1) is 0 Å². The molecule has 0 saturated heterocycles. The summed E-state index contributed by atoms with van der Waals surface area (Å²) in [6.45, 7) is 5.38. The molecule has 1 aliphatic carbocycles. The molecule has 1 aliphatic rings. The van der Waals surface area contributed by atoms with E-state index in [2.05, 4.69) is 19.2 Å². The number of aliphatic hydroxyl groups excluding tert-OH is 1. The molecule has 0 amide bonds. The molecule has 0 aromatic carbocycles. The van der Waals surface area contributed by atoms with Gasteiger partial charge in [-0.25, -0.2) is 0 Å². The third-order valence-corrected chi connectivity index (χ3v) is 5.74. The third kappa shape index (κ3) is 5.15. The molecule has 0 bridgehead atoms. The molecule has 124 valence electrons. The molecular formula is C16H31NO3S. The minimum Gasteiger partial charge on any atom is -0.468 e. The van der Waals surface area contributed by atoms with E-state index in [1.54, 1.807) is 0 Å². The summed E-state index contributed by atoms with van der Waals surface area (Å²) >= 11 is 1.89. The van der Waals surface area contributed by atoms with Gasteiger partial charge in [0.15, 0.2) is 0 Å². The monoisotopic (exact) mass is 317 g/mol. The molecule has 1 saturated carbocycles. The first-order valence-electron chi connectivity index (χ1n) is 8.16. The lowest BCUT2D eigenvalue weighted by Gasteiger charge is -2.34. The van der Waals surface area contributed by atoms with Gasteiger partial charge in [-0.2, -0.15) is 11.8 Å². The summed E-state index contributed by atoms with van der Waals surface area (Å²) in [5, 5.41) is 12.9. The summed E-state index contributed by atoms with van der Waals surface area (Å²) in [5.41, 5.74) is -0.467. The van der Waals surface area contributed by atoms with Crippen molar-refractivity contribution in [3.8, 4) is 0 Å². The predicted molar refractivity (Wildman–Crippen MR) is 88.6 cm³/mol. The summed E-state index contributed by atoms with van der Waals surface area (Å²) in [4.78, 5) is 12.3. The van der Waals surface area contributed by atoms with E-state index in [1.807, 2.05) is 11.8 Å². The van der Waals surface area contributed by atoms with Crippen molar-refractivity contribution in [3.05, 3.63) is 0 Å². The molecule has 4 nitrogen and oxygen atoms in total. The lowest BCUT2D eigenvalue weighted by atomic mass is 9.85. The smallest absolute Gasteiger partial charge is 0.326 e. The number of thioether (sulfide) groups is 1. The van der Waals surface area contributed by atoms with Gasteiger partial charge in [0.25, 0.3) is 0 Å². The van der Waals surface area contributed by atoms with Crippen LogP contribution in [-0.4, -0.2) is 47.9 Å². The van der Waals surface area contributed by atoms with Gasteiger partial charge in [0.05, 0.1) is 7.11 Å². The Kier molecular flexibility index (Phi) is 8.67. The average Bonchev–Trinajstić information content (AvgIpc) is 2.88. The Balaban J connectivity index is 2.58. The van der Waals surface area contributed by atoms with E-state index in [-0.39, 0.29) is 12.6 Å². The standard InChI is InChI=1S/C16H31NO3S/c1-4-10-17-16(15(19)20-3)9-5-6-14(16)8-12-21-13(2)7-11-18/h13-14,17-18H,4-12H2,1-3H3. The molecule has 5 heteroatoms. The number of carbonyl (C=O) groups excluding carboxylic acids is 1. The lowest BCUT2D eigenvalue weighted by Crippen LogP contribution is -2.55. The number of nitrogens with one attached hydrogen (secondary N) is 1. The molecule has 21 heavy (non-hydrogen) atoms. The molecule has 0 aromatic heterocycles. The Morgan fingerprint density at radius 1 is 1.57 bits per heavy atom. The van der Waals surface area contributed by atoms with Crippen LogP contribution in [0.15, 0.2) is 0 Å². The minimum absolute atomic E-state index is 0.0909. The molecular weight excluding hydrogens is 286 g/mol. The number of hydrogen-bond acceptors (Lipinski definition) is 5. The van der Waals surface area contributed by atoms with E-state index in [0.29, 0.717) is 11.2 Å². The van der Waals surface area contributed by atoms with Gasteiger partial charge in [-0.05, 0) is 50.3 Å². The van der Waals surface area contributed by atoms with Crippen molar-refractivity contribution in [2.75, 3.05) is 26.0 Å². The largest absolute Gasteiger partial charge is 0.468 e. The Hall–Kier alpha value is -0.260. The highest BCUT2D eigenvalue weighted by Crippen LogP contribution is 2.40. The van der Waals surface area contributed by atoms with Crippen LogP contribution in [0.2, 0.25) is 0 Å². The maximum atomic E-state index is 12.3. The maximum absolute atomic E-state index is 12.3. The van der Waals surface area contributed by atoms with Crippen LogP contribution in [0.4, 0.5) is 0 Å². The third-order valence-electron chi connectivity index (χ3n) is 4.47. The minimum atomic E-state index is -0.467. The molecule has 0 heterocycles. The maximum Gasteiger partial charge on any atom is 0.326 e. The molecule has 1 fully saturated rings. The Labute approximate surface area is 133 Å². The Bertz CT molecular complexity index is 314. The SMILES string of the molecule is CCCNC1(C(=O)OC)CCCC1CCSC(C)CCO. The van der Waals surface area contributed by atoms with Crippen LogP contribution in [0.5, 0.6) is 0 Å². The van der Waals surface area contributed by atoms with Crippen molar-refractivity contribution in [2.45, 2.75) is 63.2 Å². The highest BCUT2D eigenvalue weighted by molar-refractivity contribution is 7.99. The van der Waals surface area contributed by atoms with Crippen molar-refractivity contribution < 1.29 is 14.6 Å². The predicted octanol–water partition coefficient (Wildman–Crippen LogP) is 2.59. The zero-order valence-corrected chi connectivity index (χ0v) is 14.5. The van der Waals surface area contributed by atoms with Gasteiger partial charge in [0.2, 0.25) is 0 Å². The van der Waals surface area contributed by atoms with Crippen molar-refractivity contribution in [1.29, 1.82) is 0 Å². The molecule has 0 aliphatic heterocycles. The Morgan fingerprint density at radius 3 is 2.95 bits per heavy atom. The first-order chi connectivity index (χ1) is 10.1. The quantitative estimate of drug-likeness (QED) is 0.607. The van der Waals surface area contributed by atoms with Crippen LogP contribution in [-0.2, 0) is 9.53 Å². The topological polar surface area (TPSA) is 58.6 Å². The van der Waals surface area contributed by atoms with Crippen molar-refractivity contribution in [1.82, 2.24) is 5.32 Å². The second kappa shape index (κ2) is 9.70. The second-order valence-corrected chi connectivity index (χ2v) is 7.51. The highest BCUT2D eigenvalue weighted by atomic mass is 32.2. The first-order valence-corrected chi connectivity index (χ1v) is 9.21. The molecule has 0 spiro atoms. The van der Waals surface area contributed by atoms with Crippen LogP contribution in [0.3, 0.4) is 0 Å². The van der Waals surface area contributed by atoms with Gasteiger partial charge in [0.1, 0.15) is 5.54 Å². The van der Waals surface area contributed by atoms with E-state index in [4.69, 9.17) is 9.84 Å². The van der Waals surface area contributed by atoms with Gasteiger partial charge in [-0.1, -0.05) is 20.3 Å². The average molecular weight is 317 g/mol. The summed E-state index contributed by atoms with van der Waals surface area (Å²) < 4.78 is 5.09. The van der Waals surface area contributed by atoms with Gasteiger partial charge >= 0.3 is 5.97 Å². The summed E-state index contributed by atoms with van der Waals surface area (Å²) in [6.07, 6.45) is 5.97. The number of esters is 1. The molecule has 0 aromatic rings. The fraction of sp³-hybridized carbons (Fsp3) is 0.938. The van der Waals surface area contributed by atoms with Crippen molar-refractivity contribution >= 4 is 17.7 Å². The summed E-state index contributed by atoms with van der Waals surface area (Å²) in [7, 11) is 1.49. The molecule has 3 atom stereocenters. The Morgan fingerprint density at radius 2 is 2.33 bits per heavy atom. The van der Waals surface area contributed by atoms with E-state index in [9.17, 15) is 4.79 Å². The van der Waals surface area contributed by atoms with E-state index in [0.717, 1.165) is 50.8 Å². The molecule has 0 radical (unpaired) electrons. The van der Waals surface area contributed by atoms with Gasteiger partial charge in [0, 0.05) is 11.9 Å². The van der Waals surface area contributed by atoms with Crippen molar-refractivity contribution in [2.24, 2.45) is 5.92 Å². The highest BCUT2D eigenvalue weighted by Gasteiger charge is 2.48. The molecule has 3 unspecified atom stereocenters. The normalized spacial score (nSPS) is 26.8. The van der Waals surface area contributed by atoms with E-state index >= 15 is 0 Å². The zero-order valence-electron chi connectivity index (χ0n) is 13.7. The number of ether oxygens (including phenoxy) is 1. The van der Waals surface area contributed by atoms with E-state index in [1.165, 1.54) is 7.11 Å². The van der Waals surface area contributed by atoms with Gasteiger partial charge < -0.3 is 15.2 Å². The zero-order chi connectivity index (χ0) is 15.7. The van der Waals surface area contributed by atoms with Crippen molar-refractivity contribution in [3.63, 3.8) is 0 Å². The number of hydrogen-bond donors (Lipinski definition) is 2. The first kappa shape index (κ1) is 18.8. The summed E-state index contributed by atoms with van der Waals surface area (Å²) in [6, 6.07) is 0. The van der Waals surface area contributed by atoms with Gasteiger partial charge in [-0.3, -0.25) is 4.79 Å². The second-order valence-electron chi connectivity index (χ2n) is 5.96. The molecule has 2 N–H and O–H groups in total. The van der Waals surface area contributed by atoms with Crippen LogP contribution in [0, 0.1) is 5.92 Å². The summed E-state index contributed by atoms with van der Waals surface area (Å²) in [5.74, 6) is 1.32. The number of aliphatic hydroxyl groups is 1. The number of methoxy groups -OCH3 is 1. The van der Waals surface area contributed by atoms with E-state index < -0.39 is 5.54 Å². The molecule has 1 rings (SSSR count). The van der Waals surface area contributed by atoms with Crippen LogP contribution < -0.4 is 5.32 Å². The van der Waals surface area contributed by atoms with Crippen LogP contribution in [0.1, 0.15) is 52.4 Å². The fourth-order valence-corrected chi connectivity index (χ4v) is 4.34. The lowest BCUT2D eigenvalue weighted by molar-refractivity contribution is -0.150. The van der Waals surface area contributed by atoms with Crippen LogP contribution >= 0.6 is 11.8 Å².